The molecule has 1 saturated heterocycles. The largest absolute Gasteiger partial charge is 0.481 e. The molecular weight excluding hydrogens is 401 g/mol. The molecule has 0 saturated carbocycles. The molecule has 1 aromatic rings. The molecule has 3 unspecified atom stereocenters. The molecule has 172 valence electrons. The summed E-state index contributed by atoms with van der Waals surface area (Å²) in [6, 6.07) is 5.14. The van der Waals surface area contributed by atoms with Gasteiger partial charge in [-0.25, -0.2) is 9.93 Å². The van der Waals surface area contributed by atoms with Gasteiger partial charge in [0.1, 0.15) is 17.9 Å². The van der Waals surface area contributed by atoms with Crippen molar-refractivity contribution in [2.75, 3.05) is 13.1 Å². The third-order valence-corrected chi connectivity index (χ3v) is 6.12. The number of amidine groups is 1. The second-order valence-electron chi connectivity index (χ2n) is 8.93. The minimum Gasteiger partial charge on any atom is -0.481 e. The Kier molecular flexibility index (Phi) is 8.22. The number of nitrogens with one attached hydrogen (secondary N) is 3. The number of hydrogen-bond acceptors (Lipinski definition) is 7. The van der Waals surface area contributed by atoms with Crippen LogP contribution in [0.25, 0.3) is 0 Å². The minimum atomic E-state index is -0.882. The zero-order chi connectivity index (χ0) is 22.4. The predicted octanol–water partition coefficient (Wildman–Crippen LogP) is 2.00. The predicted molar refractivity (Wildman–Crippen MR) is 116 cm³/mol. The molecule has 9 heteroatoms. The van der Waals surface area contributed by atoms with E-state index in [0.717, 1.165) is 31.4 Å². The van der Waals surface area contributed by atoms with Gasteiger partial charge in [0, 0.05) is 19.0 Å². The number of hydrogen-bond donors (Lipinski definition) is 5. The van der Waals surface area contributed by atoms with Crippen molar-refractivity contribution in [2.45, 2.75) is 58.6 Å². The molecule has 3 rings (SSSR count). The summed E-state index contributed by atoms with van der Waals surface area (Å²) in [4.78, 5) is 14.0. The second-order valence-corrected chi connectivity index (χ2v) is 8.93. The topological polar surface area (TPSA) is 109 Å². The number of carboxylic acid groups (broad SMARTS) is 1. The maximum absolute atomic E-state index is 14.8. The zero-order valence-corrected chi connectivity index (χ0v) is 18.3. The van der Waals surface area contributed by atoms with Crippen molar-refractivity contribution < 1.29 is 19.4 Å². The van der Waals surface area contributed by atoms with Crippen molar-refractivity contribution >= 4 is 11.8 Å². The number of hydrazone groups is 1. The van der Waals surface area contributed by atoms with E-state index in [2.05, 4.69) is 21.6 Å². The number of nitrogens with zero attached hydrogens (tertiary/aromatic N) is 2. The third-order valence-electron chi connectivity index (χ3n) is 6.12. The first-order valence-corrected chi connectivity index (χ1v) is 11.1. The number of halogens is 1. The molecule has 8 nitrogen and oxygen atoms in total. The molecule has 1 aromatic carbocycles. The van der Waals surface area contributed by atoms with Crippen LogP contribution in [0, 0.1) is 23.6 Å². The van der Waals surface area contributed by atoms with Crippen molar-refractivity contribution in [1.29, 1.82) is 0 Å². The number of carboxylic acids is 1. The van der Waals surface area contributed by atoms with Gasteiger partial charge in [-0.3, -0.25) is 15.1 Å². The first kappa shape index (κ1) is 23.4. The van der Waals surface area contributed by atoms with Crippen LogP contribution in [0.15, 0.2) is 23.3 Å². The van der Waals surface area contributed by atoms with Gasteiger partial charge < -0.3 is 10.2 Å². The van der Waals surface area contributed by atoms with Crippen LogP contribution >= 0.6 is 0 Å². The summed E-state index contributed by atoms with van der Waals surface area (Å²) >= 11 is 0. The van der Waals surface area contributed by atoms with E-state index in [1.165, 1.54) is 6.07 Å². The number of aliphatic carboxylic acids is 1. The zero-order valence-electron chi connectivity index (χ0n) is 18.3. The summed E-state index contributed by atoms with van der Waals surface area (Å²) in [5.74, 6) is -1.52. The highest BCUT2D eigenvalue weighted by Crippen LogP contribution is 2.27. The minimum absolute atomic E-state index is 0.204. The average Bonchev–Trinajstić information content (AvgIpc) is 3.25. The lowest BCUT2D eigenvalue weighted by atomic mass is 9.81. The van der Waals surface area contributed by atoms with Crippen LogP contribution in [0.5, 0.6) is 0 Å². The molecule has 31 heavy (non-hydrogen) atoms. The molecule has 2 aliphatic heterocycles. The quantitative estimate of drug-likeness (QED) is 0.382. The number of likely N-dealkylation sites (tertiary alicyclic amines) is 1. The monoisotopic (exact) mass is 435 g/mol. The maximum atomic E-state index is 14.8. The van der Waals surface area contributed by atoms with Crippen molar-refractivity contribution in [3.63, 3.8) is 0 Å². The molecule has 2 aliphatic rings. The van der Waals surface area contributed by atoms with Gasteiger partial charge in [-0.1, -0.05) is 26.0 Å². The summed E-state index contributed by atoms with van der Waals surface area (Å²) in [7, 11) is 0. The van der Waals surface area contributed by atoms with Gasteiger partial charge >= 0.3 is 5.97 Å². The SMILES string of the molecule is CC(C)CC(C(=O)O)C(Cc1ccc(CCN2CCCCC2O)c(F)c1)C1=NNNN1. The molecule has 1 fully saturated rings. The first-order valence-electron chi connectivity index (χ1n) is 11.1. The number of rotatable bonds is 10. The summed E-state index contributed by atoms with van der Waals surface area (Å²) in [6.45, 7) is 5.43. The smallest absolute Gasteiger partial charge is 0.307 e. The fraction of sp³-hybridized carbons (Fsp3) is 0.636. The number of benzene rings is 1. The van der Waals surface area contributed by atoms with E-state index in [1.54, 1.807) is 6.07 Å². The van der Waals surface area contributed by atoms with Crippen LogP contribution in [0.2, 0.25) is 0 Å². The van der Waals surface area contributed by atoms with Crippen LogP contribution < -0.4 is 16.5 Å². The number of carbonyl (C=O) groups is 1. The second kappa shape index (κ2) is 10.9. The van der Waals surface area contributed by atoms with Crippen LogP contribution in [-0.4, -0.2) is 46.2 Å². The van der Waals surface area contributed by atoms with E-state index in [9.17, 15) is 19.4 Å². The first-order chi connectivity index (χ1) is 14.8. The Morgan fingerprint density at radius 2 is 2.16 bits per heavy atom. The molecule has 0 amide bonds. The Balaban J connectivity index is 1.71. The van der Waals surface area contributed by atoms with E-state index in [4.69, 9.17) is 0 Å². The Morgan fingerprint density at radius 1 is 1.35 bits per heavy atom. The molecule has 2 heterocycles. The highest BCUT2D eigenvalue weighted by atomic mass is 19.1. The van der Waals surface area contributed by atoms with E-state index in [1.807, 2.05) is 24.8 Å². The normalized spacial score (nSPS) is 21.3. The van der Waals surface area contributed by atoms with Gasteiger partial charge in [0.15, 0.2) is 0 Å². The van der Waals surface area contributed by atoms with Crippen molar-refractivity contribution in [3.05, 3.63) is 35.1 Å². The van der Waals surface area contributed by atoms with Crippen LogP contribution in [0.3, 0.4) is 0 Å². The highest BCUT2D eigenvalue weighted by Gasteiger charge is 2.34. The van der Waals surface area contributed by atoms with Crippen LogP contribution in [0.4, 0.5) is 4.39 Å². The van der Waals surface area contributed by atoms with E-state index in [0.29, 0.717) is 37.2 Å². The van der Waals surface area contributed by atoms with Crippen molar-refractivity contribution in [1.82, 2.24) is 21.4 Å². The number of aliphatic hydroxyl groups excluding tert-OH is 1. The molecule has 3 atom stereocenters. The van der Waals surface area contributed by atoms with Gasteiger partial charge in [0.2, 0.25) is 0 Å². The van der Waals surface area contributed by atoms with Gasteiger partial charge in [-0.05, 0) is 61.6 Å². The molecule has 0 aromatic heterocycles. The molecule has 0 spiro atoms. The van der Waals surface area contributed by atoms with Crippen LogP contribution in [0.1, 0.15) is 50.7 Å². The van der Waals surface area contributed by atoms with E-state index in [-0.39, 0.29) is 11.7 Å². The average molecular weight is 436 g/mol. The molecule has 0 aliphatic carbocycles. The Bertz CT molecular complexity index is 788. The highest BCUT2D eigenvalue weighted by molar-refractivity contribution is 5.89. The Hall–Kier alpha value is -2.23. The lowest BCUT2D eigenvalue weighted by Gasteiger charge is -2.32. The third kappa shape index (κ3) is 6.38. The maximum Gasteiger partial charge on any atom is 0.307 e. The molecule has 0 bridgehead atoms. The van der Waals surface area contributed by atoms with Crippen molar-refractivity contribution in [3.8, 4) is 0 Å². The summed E-state index contributed by atoms with van der Waals surface area (Å²) in [5, 5.41) is 24.0. The number of hydrazine groups is 2. The molecular formula is C22H34FN5O3. The Labute approximate surface area is 182 Å². The lowest BCUT2D eigenvalue weighted by Crippen LogP contribution is -2.42. The van der Waals surface area contributed by atoms with Gasteiger partial charge in [0.05, 0.1) is 5.92 Å². The van der Waals surface area contributed by atoms with Crippen molar-refractivity contribution in [2.24, 2.45) is 22.9 Å². The summed E-state index contributed by atoms with van der Waals surface area (Å²) in [5.41, 5.74) is 9.47. The van der Waals surface area contributed by atoms with Crippen LogP contribution in [-0.2, 0) is 17.6 Å². The van der Waals surface area contributed by atoms with E-state index < -0.39 is 24.0 Å². The number of aliphatic hydroxyl groups is 1. The lowest BCUT2D eigenvalue weighted by molar-refractivity contribution is -0.143. The van der Waals surface area contributed by atoms with Gasteiger partial charge in [-0.15, -0.1) is 10.6 Å². The summed E-state index contributed by atoms with van der Waals surface area (Å²) in [6.07, 6.45) is 3.81. The van der Waals surface area contributed by atoms with Gasteiger partial charge in [0.25, 0.3) is 0 Å². The fourth-order valence-electron chi connectivity index (χ4n) is 4.43. The fourth-order valence-corrected chi connectivity index (χ4v) is 4.43. The molecule has 0 radical (unpaired) electrons. The Morgan fingerprint density at radius 3 is 2.77 bits per heavy atom. The van der Waals surface area contributed by atoms with Gasteiger partial charge in [-0.2, -0.15) is 0 Å². The van der Waals surface area contributed by atoms with E-state index >= 15 is 0 Å². The summed E-state index contributed by atoms with van der Waals surface area (Å²) < 4.78 is 14.8. The standard InChI is InChI=1S/C22H34FN5O3/c1-14(2)11-18(22(30)31)17(21-24-26-27-25-21)12-15-6-7-16(19(23)13-15)8-10-28-9-4-3-5-20(28)29/h6-7,13-14,17-18,20,26-27,29H,3-5,8-12H2,1-2H3,(H,24,25)(H,30,31). The molecule has 5 N–H and O–H groups in total. The number of piperidine rings is 1.